The second kappa shape index (κ2) is 8.19. The number of furan rings is 1. The van der Waals surface area contributed by atoms with Gasteiger partial charge >= 0.3 is 0 Å². The Kier molecular flexibility index (Phi) is 4.94. The van der Waals surface area contributed by atoms with Gasteiger partial charge in [0.1, 0.15) is 11.5 Å². The maximum atomic E-state index is 9.50. The normalized spacial score (nSPS) is 11.9. The molecular formula is C23H20N6O2. The molecule has 0 bridgehead atoms. The van der Waals surface area contributed by atoms with Gasteiger partial charge in [0.2, 0.25) is 17.8 Å². The number of fused-ring (bicyclic) bond motifs is 1. The van der Waals surface area contributed by atoms with Crippen LogP contribution in [0.5, 0.6) is 5.75 Å². The van der Waals surface area contributed by atoms with Crippen molar-refractivity contribution >= 4 is 35.3 Å². The van der Waals surface area contributed by atoms with Crippen molar-refractivity contribution in [3.8, 4) is 5.75 Å². The summed E-state index contributed by atoms with van der Waals surface area (Å²) in [4.78, 5) is 13.4. The molecule has 4 aromatic rings. The summed E-state index contributed by atoms with van der Waals surface area (Å²) in [6.07, 6.45) is 6.84. The summed E-state index contributed by atoms with van der Waals surface area (Å²) in [7, 11) is 0. The fourth-order valence-corrected chi connectivity index (χ4v) is 3.28. The van der Waals surface area contributed by atoms with E-state index in [9.17, 15) is 5.11 Å². The maximum Gasteiger partial charge on any atom is 0.233 e. The van der Waals surface area contributed by atoms with Crippen LogP contribution in [0, 0.1) is 0 Å². The third kappa shape index (κ3) is 4.48. The van der Waals surface area contributed by atoms with Gasteiger partial charge in [-0.15, -0.1) is 0 Å². The molecule has 0 saturated carbocycles. The fourth-order valence-electron chi connectivity index (χ4n) is 3.28. The predicted molar refractivity (Wildman–Crippen MR) is 120 cm³/mol. The van der Waals surface area contributed by atoms with Crippen LogP contribution >= 0.6 is 0 Å². The van der Waals surface area contributed by atoms with Crippen molar-refractivity contribution in [2.24, 2.45) is 0 Å². The molecule has 4 N–H and O–H groups in total. The molecule has 5 rings (SSSR count). The van der Waals surface area contributed by atoms with E-state index in [1.165, 1.54) is 11.1 Å². The fraction of sp³-hybridized carbons (Fsp3) is 0.0870. The van der Waals surface area contributed by atoms with Crippen LogP contribution < -0.4 is 16.0 Å². The van der Waals surface area contributed by atoms with E-state index in [-0.39, 0.29) is 5.75 Å². The van der Waals surface area contributed by atoms with Crippen LogP contribution in [-0.2, 0) is 13.0 Å². The average Bonchev–Trinajstić information content (AvgIpc) is 3.45. The minimum atomic E-state index is 0.190. The standard InChI is InChI=1S/C23H20N6O2/c30-19-10-8-17(9-11-19)25-22-27-21(24-14-20-5-2-12-31-20)28-23(29-22)26-18-7-6-15-3-1-4-16(15)13-18/h1-2,4-13,30H,3,14H2,(H3,24,25,26,27,28,29). The zero-order valence-corrected chi connectivity index (χ0v) is 16.5. The topological polar surface area (TPSA) is 108 Å². The number of rotatable bonds is 7. The number of aromatic nitrogens is 3. The Hall–Kier alpha value is -4.33. The SMILES string of the molecule is Oc1ccc(Nc2nc(NCc3ccco3)nc(Nc3ccc4c(c3)C=CC4)n2)cc1. The number of nitrogens with zero attached hydrogens (tertiary/aromatic N) is 3. The number of anilines is 5. The molecule has 2 aromatic carbocycles. The van der Waals surface area contributed by atoms with Gasteiger partial charge < -0.3 is 25.5 Å². The molecule has 0 spiro atoms. The second-order valence-corrected chi connectivity index (χ2v) is 7.06. The van der Waals surface area contributed by atoms with E-state index in [4.69, 9.17) is 4.42 Å². The lowest BCUT2D eigenvalue weighted by Gasteiger charge is -2.12. The molecule has 2 aromatic heterocycles. The molecule has 0 atom stereocenters. The van der Waals surface area contributed by atoms with Gasteiger partial charge in [-0.3, -0.25) is 0 Å². The molecule has 0 radical (unpaired) electrons. The molecule has 0 unspecified atom stereocenters. The number of hydrogen-bond donors (Lipinski definition) is 4. The molecule has 1 aliphatic carbocycles. The monoisotopic (exact) mass is 412 g/mol. The number of phenolic OH excluding ortho intramolecular Hbond substituents is 1. The first-order valence-corrected chi connectivity index (χ1v) is 9.86. The van der Waals surface area contributed by atoms with Gasteiger partial charge in [0.05, 0.1) is 12.8 Å². The van der Waals surface area contributed by atoms with Gasteiger partial charge in [-0.25, -0.2) is 0 Å². The number of hydrogen-bond acceptors (Lipinski definition) is 8. The number of nitrogens with one attached hydrogen (secondary N) is 3. The molecule has 0 aliphatic heterocycles. The van der Waals surface area contributed by atoms with Crippen LogP contribution in [0.3, 0.4) is 0 Å². The Morgan fingerprint density at radius 3 is 2.39 bits per heavy atom. The van der Waals surface area contributed by atoms with Crippen LogP contribution in [0.4, 0.5) is 29.2 Å². The van der Waals surface area contributed by atoms with E-state index in [0.29, 0.717) is 24.4 Å². The summed E-state index contributed by atoms with van der Waals surface area (Å²) < 4.78 is 5.37. The van der Waals surface area contributed by atoms with Crippen molar-refractivity contribution in [3.63, 3.8) is 0 Å². The highest BCUT2D eigenvalue weighted by molar-refractivity contribution is 5.67. The lowest BCUT2D eigenvalue weighted by Crippen LogP contribution is -2.09. The highest BCUT2D eigenvalue weighted by atomic mass is 16.3. The van der Waals surface area contributed by atoms with E-state index < -0.39 is 0 Å². The molecule has 154 valence electrons. The van der Waals surface area contributed by atoms with Crippen LogP contribution in [0.15, 0.2) is 71.4 Å². The Morgan fingerprint density at radius 1 is 0.871 bits per heavy atom. The van der Waals surface area contributed by atoms with Crippen molar-refractivity contribution in [2.75, 3.05) is 16.0 Å². The Labute approximate surface area is 178 Å². The third-order valence-electron chi connectivity index (χ3n) is 4.80. The smallest absolute Gasteiger partial charge is 0.233 e. The first-order chi connectivity index (χ1) is 15.2. The zero-order valence-electron chi connectivity index (χ0n) is 16.5. The maximum absolute atomic E-state index is 9.50. The van der Waals surface area contributed by atoms with Crippen molar-refractivity contribution < 1.29 is 9.52 Å². The highest BCUT2D eigenvalue weighted by Gasteiger charge is 2.10. The van der Waals surface area contributed by atoms with Gasteiger partial charge in [-0.2, -0.15) is 15.0 Å². The first kappa shape index (κ1) is 18.7. The minimum Gasteiger partial charge on any atom is -0.508 e. The highest BCUT2D eigenvalue weighted by Crippen LogP contribution is 2.25. The number of benzene rings is 2. The summed E-state index contributed by atoms with van der Waals surface area (Å²) >= 11 is 0. The summed E-state index contributed by atoms with van der Waals surface area (Å²) in [5, 5.41) is 19.1. The van der Waals surface area contributed by atoms with Crippen molar-refractivity contribution in [3.05, 3.63) is 83.8 Å². The summed E-state index contributed by atoms with van der Waals surface area (Å²) in [6.45, 7) is 0.443. The predicted octanol–water partition coefficient (Wildman–Crippen LogP) is 4.84. The quantitative estimate of drug-likeness (QED) is 0.319. The van der Waals surface area contributed by atoms with Gasteiger partial charge in [0.25, 0.3) is 0 Å². The van der Waals surface area contributed by atoms with E-state index in [0.717, 1.165) is 23.6 Å². The molecule has 1 aliphatic rings. The second-order valence-electron chi connectivity index (χ2n) is 7.06. The lowest BCUT2D eigenvalue weighted by atomic mass is 10.1. The van der Waals surface area contributed by atoms with Crippen molar-refractivity contribution in [2.45, 2.75) is 13.0 Å². The number of phenols is 1. The van der Waals surface area contributed by atoms with E-state index in [1.54, 1.807) is 30.5 Å². The summed E-state index contributed by atoms with van der Waals surface area (Å²) in [5.41, 5.74) is 4.13. The lowest BCUT2D eigenvalue weighted by molar-refractivity contribution is 0.475. The van der Waals surface area contributed by atoms with E-state index >= 15 is 0 Å². The van der Waals surface area contributed by atoms with Gasteiger partial charge in [-0.1, -0.05) is 18.2 Å². The van der Waals surface area contributed by atoms with Crippen LogP contribution in [-0.4, -0.2) is 20.1 Å². The van der Waals surface area contributed by atoms with Gasteiger partial charge in [0.15, 0.2) is 0 Å². The molecule has 8 heteroatoms. The summed E-state index contributed by atoms with van der Waals surface area (Å²) in [6, 6.07) is 16.6. The molecule has 0 amide bonds. The molecular weight excluding hydrogens is 392 g/mol. The van der Waals surface area contributed by atoms with Crippen LogP contribution in [0.25, 0.3) is 6.08 Å². The Bertz CT molecular complexity index is 1220. The zero-order chi connectivity index (χ0) is 21.0. The molecule has 0 fully saturated rings. The Balaban J connectivity index is 1.41. The van der Waals surface area contributed by atoms with Crippen molar-refractivity contribution in [1.82, 2.24) is 15.0 Å². The number of allylic oxidation sites excluding steroid dienone is 1. The van der Waals surface area contributed by atoms with Gasteiger partial charge in [0, 0.05) is 11.4 Å². The van der Waals surface area contributed by atoms with Gasteiger partial charge in [-0.05, 0) is 66.1 Å². The van der Waals surface area contributed by atoms with Crippen LogP contribution in [0.1, 0.15) is 16.9 Å². The molecule has 31 heavy (non-hydrogen) atoms. The van der Waals surface area contributed by atoms with Crippen LogP contribution in [0.2, 0.25) is 0 Å². The summed E-state index contributed by atoms with van der Waals surface area (Å²) in [5.74, 6) is 2.13. The third-order valence-corrected chi connectivity index (χ3v) is 4.80. The number of aromatic hydroxyl groups is 1. The average molecular weight is 412 g/mol. The first-order valence-electron chi connectivity index (χ1n) is 9.86. The largest absolute Gasteiger partial charge is 0.508 e. The van der Waals surface area contributed by atoms with Crippen molar-refractivity contribution in [1.29, 1.82) is 0 Å². The Morgan fingerprint density at radius 2 is 1.61 bits per heavy atom. The molecule has 0 saturated heterocycles. The minimum absolute atomic E-state index is 0.190. The van der Waals surface area contributed by atoms with E-state index in [1.807, 2.05) is 18.2 Å². The molecule has 2 heterocycles. The molecule has 8 nitrogen and oxygen atoms in total. The van der Waals surface area contributed by atoms with E-state index in [2.05, 4.69) is 55.2 Å².